The molecule has 1 fully saturated rings. The molecule has 3 N–H and O–H groups in total. The third-order valence-electron chi connectivity index (χ3n) is 6.01. The Balaban J connectivity index is 1.49. The highest BCUT2D eigenvalue weighted by atomic mass is 16.5. The molecule has 10 nitrogen and oxygen atoms in total. The SMILES string of the molecule is C=CC(=O)Nc1ccnc(-c2c(C)ccc3cnc(Nc4ccc(C5CNCCO5)nc4OC)nc23)c1. The molecule has 5 rings (SSSR count). The predicted molar refractivity (Wildman–Crippen MR) is 142 cm³/mol. The van der Waals surface area contributed by atoms with E-state index in [2.05, 4.69) is 37.5 Å². The van der Waals surface area contributed by atoms with E-state index in [4.69, 9.17) is 14.5 Å². The van der Waals surface area contributed by atoms with Crippen molar-refractivity contribution in [1.29, 1.82) is 0 Å². The minimum atomic E-state index is -0.291. The quantitative estimate of drug-likeness (QED) is 0.326. The molecular formula is C27H27N7O3. The summed E-state index contributed by atoms with van der Waals surface area (Å²) >= 11 is 0. The van der Waals surface area contributed by atoms with Crippen LogP contribution in [0.4, 0.5) is 17.3 Å². The summed E-state index contributed by atoms with van der Waals surface area (Å²) in [4.78, 5) is 30.3. The van der Waals surface area contributed by atoms with Gasteiger partial charge in [-0.05, 0) is 42.8 Å². The Morgan fingerprint density at radius 2 is 2.11 bits per heavy atom. The van der Waals surface area contributed by atoms with Gasteiger partial charge in [0.05, 0.1) is 30.6 Å². The Morgan fingerprint density at radius 1 is 1.22 bits per heavy atom. The van der Waals surface area contributed by atoms with Crippen LogP contribution in [0.25, 0.3) is 22.2 Å². The largest absolute Gasteiger partial charge is 0.480 e. The third-order valence-corrected chi connectivity index (χ3v) is 6.01. The first-order valence-corrected chi connectivity index (χ1v) is 11.9. The van der Waals surface area contributed by atoms with Crippen molar-refractivity contribution >= 4 is 34.1 Å². The van der Waals surface area contributed by atoms with Gasteiger partial charge in [-0.1, -0.05) is 18.7 Å². The normalized spacial score (nSPS) is 15.2. The maximum atomic E-state index is 11.8. The fraction of sp³-hybridized carbons (Fsp3) is 0.222. The molecule has 0 aliphatic carbocycles. The highest BCUT2D eigenvalue weighted by molar-refractivity contribution is 6.00. The highest BCUT2D eigenvalue weighted by Crippen LogP contribution is 2.33. The van der Waals surface area contributed by atoms with E-state index in [0.717, 1.165) is 34.3 Å². The first-order chi connectivity index (χ1) is 18.1. The molecule has 0 saturated carbocycles. The van der Waals surface area contributed by atoms with Gasteiger partial charge in [0, 0.05) is 42.1 Å². The molecular weight excluding hydrogens is 470 g/mol. The van der Waals surface area contributed by atoms with Crippen molar-refractivity contribution in [3.05, 3.63) is 72.7 Å². The maximum absolute atomic E-state index is 11.8. The molecule has 37 heavy (non-hydrogen) atoms. The number of amides is 1. The number of ether oxygens (including phenoxy) is 2. The first-order valence-electron chi connectivity index (χ1n) is 11.9. The highest BCUT2D eigenvalue weighted by Gasteiger charge is 2.20. The van der Waals surface area contributed by atoms with Crippen molar-refractivity contribution in [2.24, 2.45) is 0 Å². The van der Waals surface area contributed by atoms with E-state index in [9.17, 15) is 4.79 Å². The summed E-state index contributed by atoms with van der Waals surface area (Å²) in [6, 6.07) is 11.3. The van der Waals surface area contributed by atoms with Crippen LogP contribution in [0.15, 0.2) is 61.4 Å². The lowest BCUT2D eigenvalue weighted by Crippen LogP contribution is -2.33. The molecule has 10 heteroatoms. The van der Waals surface area contributed by atoms with E-state index in [0.29, 0.717) is 42.0 Å². The molecule has 0 bridgehead atoms. The molecule has 1 unspecified atom stereocenters. The molecule has 1 amide bonds. The van der Waals surface area contributed by atoms with E-state index in [-0.39, 0.29) is 12.0 Å². The molecule has 0 spiro atoms. The molecule has 3 aromatic heterocycles. The predicted octanol–water partition coefficient (Wildman–Crippen LogP) is 3.93. The number of morpholine rings is 1. The summed E-state index contributed by atoms with van der Waals surface area (Å²) in [5.41, 5.74) is 5.28. The molecule has 1 aliphatic heterocycles. The van der Waals surface area contributed by atoms with Gasteiger partial charge in [0.25, 0.3) is 0 Å². The molecule has 1 aliphatic rings. The van der Waals surface area contributed by atoms with Crippen LogP contribution in [-0.4, -0.2) is 52.6 Å². The number of aryl methyl sites for hydroxylation is 1. The summed E-state index contributed by atoms with van der Waals surface area (Å²) in [5, 5.41) is 10.2. The lowest BCUT2D eigenvalue weighted by molar-refractivity contribution is -0.111. The molecule has 1 atom stereocenters. The van der Waals surface area contributed by atoms with Gasteiger partial charge in [-0.2, -0.15) is 0 Å². The van der Waals surface area contributed by atoms with Gasteiger partial charge in [0.2, 0.25) is 17.7 Å². The van der Waals surface area contributed by atoms with Gasteiger partial charge in [-0.3, -0.25) is 9.78 Å². The van der Waals surface area contributed by atoms with Crippen molar-refractivity contribution in [2.45, 2.75) is 13.0 Å². The van der Waals surface area contributed by atoms with Gasteiger partial charge in [-0.15, -0.1) is 0 Å². The van der Waals surface area contributed by atoms with Gasteiger partial charge >= 0.3 is 0 Å². The Bertz CT molecular complexity index is 1470. The van der Waals surface area contributed by atoms with E-state index >= 15 is 0 Å². The Morgan fingerprint density at radius 3 is 2.89 bits per heavy atom. The van der Waals surface area contributed by atoms with Crippen LogP contribution in [0, 0.1) is 6.92 Å². The molecule has 0 radical (unpaired) electrons. The zero-order chi connectivity index (χ0) is 25.8. The van der Waals surface area contributed by atoms with E-state index in [1.54, 1.807) is 25.6 Å². The van der Waals surface area contributed by atoms with Crippen LogP contribution >= 0.6 is 0 Å². The van der Waals surface area contributed by atoms with E-state index in [1.165, 1.54) is 6.08 Å². The molecule has 4 aromatic rings. The monoisotopic (exact) mass is 497 g/mol. The smallest absolute Gasteiger partial charge is 0.247 e. The number of anilines is 3. The summed E-state index contributed by atoms with van der Waals surface area (Å²) in [5.74, 6) is 0.520. The number of carbonyl (C=O) groups excluding carboxylic acids is 1. The van der Waals surface area contributed by atoms with E-state index < -0.39 is 0 Å². The molecule has 4 heterocycles. The van der Waals surface area contributed by atoms with Crippen LogP contribution in [0.1, 0.15) is 17.4 Å². The Labute approximate surface area is 214 Å². The summed E-state index contributed by atoms with van der Waals surface area (Å²) in [6.07, 6.45) is 4.50. The minimum absolute atomic E-state index is 0.126. The van der Waals surface area contributed by atoms with Crippen LogP contribution in [0.3, 0.4) is 0 Å². The number of nitrogens with one attached hydrogen (secondary N) is 3. The maximum Gasteiger partial charge on any atom is 0.247 e. The zero-order valence-electron chi connectivity index (χ0n) is 20.6. The standard InChI is InChI=1S/C27H27N7O3/c1-4-23(35)31-18-9-10-29-21(13-18)24-16(2)5-6-17-14-30-27(34-25(17)24)33-20-8-7-19(32-26(20)36-3)22-15-28-11-12-37-22/h4-10,13-14,22,28H,1,11-12,15H2,2-3H3,(H,29,31,35)(H,30,33,34). The minimum Gasteiger partial charge on any atom is -0.480 e. The fourth-order valence-electron chi connectivity index (χ4n) is 4.18. The van der Waals surface area contributed by atoms with Gasteiger partial charge in [-0.25, -0.2) is 15.0 Å². The summed E-state index contributed by atoms with van der Waals surface area (Å²) < 4.78 is 11.4. The van der Waals surface area contributed by atoms with E-state index in [1.807, 2.05) is 37.3 Å². The second-order valence-electron chi connectivity index (χ2n) is 8.49. The van der Waals surface area contributed by atoms with Crippen molar-refractivity contribution < 1.29 is 14.3 Å². The average Bonchev–Trinajstić information content (AvgIpc) is 2.93. The first kappa shape index (κ1) is 24.3. The fourth-order valence-corrected chi connectivity index (χ4v) is 4.18. The topological polar surface area (TPSA) is 123 Å². The van der Waals surface area contributed by atoms with Crippen LogP contribution < -0.4 is 20.7 Å². The van der Waals surface area contributed by atoms with Gasteiger partial charge in [0.15, 0.2) is 0 Å². The number of hydrogen-bond donors (Lipinski definition) is 3. The number of carbonyl (C=O) groups is 1. The number of benzene rings is 1. The zero-order valence-corrected chi connectivity index (χ0v) is 20.6. The number of aromatic nitrogens is 4. The second-order valence-corrected chi connectivity index (χ2v) is 8.49. The summed E-state index contributed by atoms with van der Waals surface area (Å²) in [6.45, 7) is 7.67. The number of hydrogen-bond acceptors (Lipinski definition) is 9. The average molecular weight is 498 g/mol. The lowest BCUT2D eigenvalue weighted by atomic mass is 10.0. The molecule has 1 saturated heterocycles. The van der Waals surface area contributed by atoms with Crippen molar-refractivity contribution in [3.63, 3.8) is 0 Å². The molecule has 1 aromatic carbocycles. The van der Waals surface area contributed by atoms with Crippen LogP contribution in [-0.2, 0) is 9.53 Å². The summed E-state index contributed by atoms with van der Waals surface area (Å²) in [7, 11) is 1.57. The Kier molecular flexibility index (Phi) is 7.02. The second kappa shape index (κ2) is 10.7. The van der Waals surface area contributed by atoms with Crippen LogP contribution in [0.5, 0.6) is 5.88 Å². The number of pyridine rings is 2. The van der Waals surface area contributed by atoms with Gasteiger partial charge in [0.1, 0.15) is 11.8 Å². The van der Waals surface area contributed by atoms with Crippen molar-refractivity contribution in [3.8, 4) is 17.1 Å². The van der Waals surface area contributed by atoms with Crippen LogP contribution in [0.2, 0.25) is 0 Å². The lowest BCUT2D eigenvalue weighted by Gasteiger charge is -2.23. The molecule has 188 valence electrons. The Hall–Kier alpha value is -4.41. The van der Waals surface area contributed by atoms with Crippen molar-refractivity contribution in [2.75, 3.05) is 37.4 Å². The number of fused-ring (bicyclic) bond motifs is 1. The number of rotatable bonds is 7. The number of methoxy groups -OCH3 is 1. The van der Waals surface area contributed by atoms with Crippen molar-refractivity contribution in [1.82, 2.24) is 25.3 Å². The van der Waals surface area contributed by atoms with Gasteiger partial charge < -0.3 is 25.4 Å². The third kappa shape index (κ3) is 5.25. The number of nitrogens with zero attached hydrogens (tertiary/aromatic N) is 4.